The fourth-order valence-electron chi connectivity index (χ4n) is 4.63. The first-order chi connectivity index (χ1) is 16.4. The lowest BCUT2D eigenvalue weighted by Crippen LogP contribution is -2.50. The Hall–Kier alpha value is -3.39. The molecule has 2 fully saturated rings. The number of anilines is 2. The van der Waals surface area contributed by atoms with Gasteiger partial charge in [0.1, 0.15) is 0 Å². The summed E-state index contributed by atoms with van der Waals surface area (Å²) in [6, 6.07) is 12.3. The maximum absolute atomic E-state index is 12.7. The van der Waals surface area contributed by atoms with Crippen molar-refractivity contribution in [2.75, 3.05) is 56.0 Å². The summed E-state index contributed by atoms with van der Waals surface area (Å²) in [6.45, 7) is 6.92. The number of nitrogens with zero attached hydrogens (tertiary/aromatic N) is 3. The second-order valence-corrected chi connectivity index (χ2v) is 9.01. The largest absolute Gasteiger partial charge is 0.478 e. The number of benzene rings is 2. The Morgan fingerprint density at radius 1 is 0.882 bits per heavy atom. The maximum Gasteiger partial charge on any atom is 0.337 e. The van der Waals surface area contributed by atoms with E-state index in [1.165, 1.54) is 6.42 Å². The number of carboxylic acids is 1. The van der Waals surface area contributed by atoms with E-state index in [-0.39, 0.29) is 23.1 Å². The molecule has 0 radical (unpaired) electrons. The molecule has 2 N–H and O–H groups in total. The smallest absolute Gasteiger partial charge is 0.337 e. The van der Waals surface area contributed by atoms with Gasteiger partial charge in [0.05, 0.1) is 17.8 Å². The van der Waals surface area contributed by atoms with Gasteiger partial charge in [-0.25, -0.2) is 4.79 Å². The topological polar surface area (TPSA) is 93.2 Å². The summed E-state index contributed by atoms with van der Waals surface area (Å²) in [5.74, 6) is -1.22. The van der Waals surface area contributed by atoms with Gasteiger partial charge in [-0.05, 0) is 56.0 Å². The molecule has 8 nitrogen and oxygen atoms in total. The number of amides is 2. The highest BCUT2D eigenvalue weighted by atomic mass is 16.4. The molecule has 0 aromatic heterocycles. The van der Waals surface area contributed by atoms with Crippen LogP contribution in [-0.2, 0) is 4.79 Å². The molecular weight excluding hydrogens is 432 g/mol. The minimum atomic E-state index is -1.09. The molecule has 4 rings (SSSR count). The van der Waals surface area contributed by atoms with E-state index in [0.29, 0.717) is 25.2 Å². The summed E-state index contributed by atoms with van der Waals surface area (Å²) in [5, 5.41) is 12.5. The zero-order chi connectivity index (χ0) is 24.1. The minimum absolute atomic E-state index is 0.0575. The summed E-state index contributed by atoms with van der Waals surface area (Å²) < 4.78 is 0. The predicted octanol–water partition coefficient (Wildman–Crippen LogP) is 3.08. The molecule has 8 heteroatoms. The summed E-state index contributed by atoms with van der Waals surface area (Å²) in [6.07, 6.45) is 3.38. The van der Waals surface area contributed by atoms with Crippen molar-refractivity contribution in [1.29, 1.82) is 0 Å². The zero-order valence-corrected chi connectivity index (χ0v) is 19.6. The molecule has 2 aliphatic heterocycles. The number of nitrogens with one attached hydrogen (secondary N) is 1. The van der Waals surface area contributed by atoms with Crippen molar-refractivity contribution >= 4 is 29.2 Å². The van der Waals surface area contributed by atoms with Gasteiger partial charge < -0.3 is 20.2 Å². The van der Waals surface area contributed by atoms with Gasteiger partial charge in [-0.15, -0.1) is 0 Å². The van der Waals surface area contributed by atoms with Crippen LogP contribution in [0.1, 0.15) is 45.5 Å². The minimum Gasteiger partial charge on any atom is -0.478 e. The van der Waals surface area contributed by atoms with Gasteiger partial charge in [0, 0.05) is 50.5 Å². The van der Waals surface area contributed by atoms with Crippen LogP contribution in [0, 0.1) is 6.92 Å². The van der Waals surface area contributed by atoms with E-state index >= 15 is 0 Å². The molecule has 0 spiro atoms. The molecule has 180 valence electrons. The van der Waals surface area contributed by atoms with Crippen LogP contribution in [0.5, 0.6) is 0 Å². The Bertz CT molecular complexity index is 1060. The van der Waals surface area contributed by atoms with Crippen molar-refractivity contribution in [2.24, 2.45) is 0 Å². The molecule has 0 bridgehead atoms. The van der Waals surface area contributed by atoms with E-state index in [0.717, 1.165) is 50.3 Å². The quantitative estimate of drug-likeness (QED) is 0.683. The molecule has 2 aromatic rings. The molecule has 2 saturated heterocycles. The van der Waals surface area contributed by atoms with Crippen molar-refractivity contribution in [3.05, 3.63) is 59.2 Å². The summed E-state index contributed by atoms with van der Waals surface area (Å²) in [4.78, 5) is 43.5. The standard InChI is InChI=1S/C26H32N4O4/c1-19-7-3-4-8-21(19)25(32)27-23-10-9-20(17-22(23)26(33)34)29-15-13-28(14-16-29)18-24(31)30-11-5-2-6-12-30/h3-4,7-10,17H,2,5-6,11-16,18H2,1H3,(H,27,32)(H,33,34). The number of piperidine rings is 1. The molecule has 34 heavy (non-hydrogen) atoms. The first-order valence-electron chi connectivity index (χ1n) is 11.9. The normalized spacial score (nSPS) is 16.9. The third-order valence-electron chi connectivity index (χ3n) is 6.68. The molecule has 0 unspecified atom stereocenters. The van der Waals surface area contributed by atoms with Crippen LogP contribution >= 0.6 is 0 Å². The van der Waals surface area contributed by atoms with Crippen molar-refractivity contribution in [2.45, 2.75) is 26.2 Å². The van der Waals surface area contributed by atoms with E-state index in [1.807, 2.05) is 30.0 Å². The number of aromatic carboxylic acids is 1. The Kier molecular flexibility index (Phi) is 7.47. The molecular formula is C26H32N4O4. The van der Waals surface area contributed by atoms with E-state index in [1.54, 1.807) is 24.3 Å². The van der Waals surface area contributed by atoms with E-state index in [4.69, 9.17) is 0 Å². The highest BCUT2D eigenvalue weighted by Gasteiger charge is 2.24. The van der Waals surface area contributed by atoms with Crippen molar-refractivity contribution < 1.29 is 19.5 Å². The van der Waals surface area contributed by atoms with Gasteiger partial charge in [0.15, 0.2) is 0 Å². The Morgan fingerprint density at radius 3 is 2.26 bits per heavy atom. The highest BCUT2D eigenvalue weighted by Crippen LogP contribution is 2.25. The number of carbonyl (C=O) groups is 3. The van der Waals surface area contributed by atoms with Crippen LogP contribution in [-0.4, -0.2) is 78.5 Å². The van der Waals surface area contributed by atoms with Crippen LogP contribution in [0.2, 0.25) is 0 Å². The molecule has 2 aromatic carbocycles. The summed E-state index contributed by atoms with van der Waals surface area (Å²) in [7, 11) is 0. The fraction of sp³-hybridized carbons (Fsp3) is 0.423. The lowest BCUT2D eigenvalue weighted by molar-refractivity contribution is -0.133. The molecule has 2 heterocycles. The number of rotatable bonds is 6. The molecule has 2 amide bonds. The van der Waals surface area contributed by atoms with Gasteiger partial charge in [-0.3, -0.25) is 14.5 Å². The third-order valence-corrected chi connectivity index (χ3v) is 6.68. The predicted molar refractivity (Wildman–Crippen MR) is 132 cm³/mol. The number of hydrogen-bond donors (Lipinski definition) is 2. The zero-order valence-electron chi connectivity index (χ0n) is 19.6. The SMILES string of the molecule is Cc1ccccc1C(=O)Nc1ccc(N2CCN(CC(=O)N3CCCCC3)CC2)cc1C(=O)O. The van der Waals surface area contributed by atoms with Gasteiger partial charge in [0.25, 0.3) is 5.91 Å². The third kappa shape index (κ3) is 5.56. The summed E-state index contributed by atoms with van der Waals surface area (Å²) >= 11 is 0. The highest BCUT2D eigenvalue weighted by molar-refractivity contribution is 6.08. The molecule has 0 aliphatic carbocycles. The summed E-state index contributed by atoms with van der Waals surface area (Å²) in [5.41, 5.74) is 2.47. The number of piperazine rings is 1. The Morgan fingerprint density at radius 2 is 1.59 bits per heavy atom. The van der Waals surface area contributed by atoms with Gasteiger partial charge in [0.2, 0.25) is 5.91 Å². The molecule has 0 saturated carbocycles. The van der Waals surface area contributed by atoms with Crippen LogP contribution in [0.4, 0.5) is 11.4 Å². The van der Waals surface area contributed by atoms with Crippen LogP contribution in [0.3, 0.4) is 0 Å². The van der Waals surface area contributed by atoms with Crippen molar-refractivity contribution in [3.63, 3.8) is 0 Å². The second-order valence-electron chi connectivity index (χ2n) is 9.01. The fourth-order valence-corrected chi connectivity index (χ4v) is 4.63. The molecule has 2 aliphatic rings. The van der Waals surface area contributed by atoms with Gasteiger partial charge in [-0.1, -0.05) is 18.2 Å². The van der Waals surface area contributed by atoms with E-state index < -0.39 is 5.97 Å². The monoisotopic (exact) mass is 464 g/mol. The number of hydrogen-bond acceptors (Lipinski definition) is 5. The first-order valence-corrected chi connectivity index (χ1v) is 11.9. The number of aryl methyl sites for hydroxylation is 1. The van der Waals surface area contributed by atoms with Crippen molar-refractivity contribution in [1.82, 2.24) is 9.80 Å². The van der Waals surface area contributed by atoms with E-state index in [9.17, 15) is 19.5 Å². The number of carboxylic acid groups (broad SMARTS) is 1. The maximum atomic E-state index is 12.7. The average Bonchev–Trinajstić information content (AvgIpc) is 2.85. The second kappa shape index (κ2) is 10.7. The van der Waals surface area contributed by atoms with Crippen LogP contribution < -0.4 is 10.2 Å². The van der Waals surface area contributed by atoms with Crippen LogP contribution in [0.15, 0.2) is 42.5 Å². The lowest BCUT2D eigenvalue weighted by atomic mass is 10.1. The lowest BCUT2D eigenvalue weighted by Gasteiger charge is -2.37. The first kappa shape index (κ1) is 23.8. The number of carbonyl (C=O) groups excluding carboxylic acids is 2. The Labute approximate surface area is 200 Å². The van der Waals surface area contributed by atoms with Crippen LogP contribution in [0.25, 0.3) is 0 Å². The van der Waals surface area contributed by atoms with Gasteiger partial charge >= 0.3 is 5.97 Å². The van der Waals surface area contributed by atoms with Crippen molar-refractivity contribution in [3.8, 4) is 0 Å². The van der Waals surface area contributed by atoms with E-state index in [2.05, 4.69) is 15.1 Å². The van der Waals surface area contributed by atoms with Gasteiger partial charge in [-0.2, -0.15) is 0 Å². The average molecular weight is 465 g/mol. The number of likely N-dealkylation sites (tertiary alicyclic amines) is 1. The molecule has 0 atom stereocenters. The Balaban J connectivity index is 1.39.